The van der Waals surface area contributed by atoms with E-state index in [0.717, 1.165) is 22.5 Å². The Labute approximate surface area is 383 Å². The first kappa shape index (κ1) is 44.6. The Morgan fingerprint density at radius 1 is 0.587 bits per heavy atom. The standard InChI is InChI=1S/C18H20N2O.C16H10Cl2N2OS.C16H12N2OS/c21-18(14-16-8-4-5-9-16)20-13-12-17(19-20)11-10-15-6-2-1-3-7-15;17-13-3-1-4-14(18)12(13)7-6-11-8-9-19-20(11)16(21)15-5-2-10-22-15;19-16(15-7-4-12-20-15)18-11-10-14(17-18)9-8-13-5-2-1-3-6-13/h1-3,6-7,10-13,16H,4-5,8-9,14H2;1-10H;1-12H/b11-10+;7-6+;9-8+. The van der Waals surface area contributed by atoms with Gasteiger partial charge in [0.25, 0.3) is 11.8 Å². The highest BCUT2D eigenvalue weighted by Crippen LogP contribution is 2.28. The Bertz CT molecular complexity index is 2780. The molecule has 9 rings (SSSR count). The highest BCUT2D eigenvalue weighted by molar-refractivity contribution is 7.12. The average molecular weight is 910 g/mol. The molecule has 0 radical (unpaired) electrons. The first-order chi connectivity index (χ1) is 30.8. The van der Waals surface area contributed by atoms with Gasteiger partial charge in [0.05, 0.1) is 33.0 Å². The van der Waals surface area contributed by atoms with E-state index < -0.39 is 0 Å². The fraction of sp³-hybridized carbons (Fsp3) is 0.120. The van der Waals surface area contributed by atoms with Gasteiger partial charge in [0.1, 0.15) is 0 Å². The molecule has 0 amide bonds. The first-order valence-corrected chi connectivity index (χ1v) is 22.8. The number of rotatable bonds is 10. The first-order valence-electron chi connectivity index (χ1n) is 20.2. The van der Waals surface area contributed by atoms with Gasteiger partial charge in [-0.15, -0.1) is 22.7 Å². The Morgan fingerprint density at radius 2 is 1.14 bits per heavy atom. The van der Waals surface area contributed by atoms with Crippen LogP contribution >= 0.6 is 45.9 Å². The molecule has 0 N–H and O–H groups in total. The van der Waals surface area contributed by atoms with Crippen molar-refractivity contribution < 1.29 is 14.4 Å². The van der Waals surface area contributed by atoms with Gasteiger partial charge in [-0.05, 0) is 107 Å². The number of carbonyl (C=O) groups is 3. The number of nitrogens with zero attached hydrogens (tertiary/aromatic N) is 6. The van der Waals surface area contributed by atoms with Crippen molar-refractivity contribution in [3.05, 3.63) is 204 Å². The number of hydrogen-bond acceptors (Lipinski definition) is 8. The number of halogens is 2. The molecular weight excluding hydrogens is 868 g/mol. The number of aromatic nitrogens is 6. The van der Waals surface area contributed by atoms with Crippen LogP contribution < -0.4 is 0 Å². The van der Waals surface area contributed by atoms with E-state index >= 15 is 0 Å². The molecule has 13 heteroatoms. The van der Waals surface area contributed by atoms with E-state index in [0.29, 0.717) is 43.4 Å². The molecule has 0 atom stereocenters. The number of carbonyl (C=O) groups excluding carboxylic acids is 3. The van der Waals surface area contributed by atoms with E-state index in [9.17, 15) is 14.4 Å². The van der Waals surface area contributed by atoms with Gasteiger partial charge in [0.15, 0.2) is 0 Å². The van der Waals surface area contributed by atoms with Gasteiger partial charge in [0, 0.05) is 34.4 Å². The van der Waals surface area contributed by atoms with Crippen molar-refractivity contribution >= 4 is 100 Å². The largest absolute Gasteiger partial charge is 0.288 e. The van der Waals surface area contributed by atoms with Crippen LogP contribution in [0.2, 0.25) is 10.0 Å². The van der Waals surface area contributed by atoms with Gasteiger partial charge >= 0.3 is 0 Å². The normalized spacial score (nSPS) is 12.7. The lowest BCUT2D eigenvalue weighted by molar-refractivity contribution is 0.0863. The fourth-order valence-corrected chi connectivity index (χ4v) is 8.45. The Morgan fingerprint density at radius 3 is 1.71 bits per heavy atom. The fourth-order valence-electron chi connectivity index (χ4n) is 6.62. The van der Waals surface area contributed by atoms with E-state index in [1.54, 1.807) is 67.1 Å². The van der Waals surface area contributed by atoms with Gasteiger partial charge < -0.3 is 0 Å². The molecule has 8 aromatic rings. The van der Waals surface area contributed by atoms with Crippen LogP contribution in [0.5, 0.6) is 0 Å². The number of hydrogen-bond donors (Lipinski definition) is 0. The third-order valence-corrected chi connectivity index (χ3v) is 12.2. The SMILES string of the molecule is O=C(CC1CCCC1)n1ccc(/C=C/c2ccccc2)n1.O=C(c1cccs1)n1ccc(/C=C/c2ccccc2)n1.O=C(c1cccs1)n1nccc1/C=C/c1c(Cl)cccc1Cl. The van der Waals surface area contributed by atoms with Gasteiger partial charge in [-0.3, -0.25) is 14.4 Å². The zero-order valence-corrected chi connectivity index (χ0v) is 37.1. The van der Waals surface area contributed by atoms with E-state index in [1.165, 1.54) is 62.4 Å². The smallest absolute Gasteiger partial charge is 0.273 e. The van der Waals surface area contributed by atoms with Crippen LogP contribution in [0.4, 0.5) is 0 Å². The van der Waals surface area contributed by atoms with E-state index in [2.05, 4.69) is 15.3 Å². The summed E-state index contributed by atoms with van der Waals surface area (Å²) < 4.78 is 4.21. The maximum Gasteiger partial charge on any atom is 0.288 e. The second-order valence-corrected chi connectivity index (χ2v) is 17.0. The number of benzene rings is 3. The Kier molecular flexibility index (Phi) is 15.9. The molecule has 316 valence electrons. The van der Waals surface area contributed by atoms with Gasteiger partial charge in [-0.2, -0.15) is 20.0 Å². The summed E-state index contributed by atoms with van der Waals surface area (Å²) in [6.07, 6.45) is 21.9. The third kappa shape index (κ3) is 12.8. The summed E-state index contributed by atoms with van der Waals surface area (Å²) >= 11 is 15.1. The molecular formula is C50H42Cl2N6O3S2. The molecule has 0 saturated heterocycles. The van der Waals surface area contributed by atoms with Crippen LogP contribution in [0.25, 0.3) is 36.5 Å². The molecule has 1 saturated carbocycles. The van der Waals surface area contributed by atoms with Crippen LogP contribution in [0, 0.1) is 5.92 Å². The molecule has 0 spiro atoms. The van der Waals surface area contributed by atoms with Crippen molar-refractivity contribution in [1.29, 1.82) is 0 Å². The average Bonchev–Trinajstić information content (AvgIpc) is 4.17. The Balaban J connectivity index is 0.000000142. The summed E-state index contributed by atoms with van der Waals surface area (Å²) in [5.74, 6) is 0.413. The van der Waals surface area contributed by atoms with Crippen LogP contribution in [0.3, 0.4) is 0 Å². The van der Waals surface area contributed by atoms with Crippen LogP contribution in [-0.2, 0) is 0 Å². The molecule has 5 heterocycles. The molecule has 0 unspecified atom stereocenters. The monoisotopic (exact) mass is 908 g/mol. The molecule has 5 aromatic heterocycles. The van der Waals surface area contributed by atoms with Gasteiger partial charge in [0.2, 0.25) is 5.91 Å². The van der Waals surface area contributed by atoms with E-state index in [1.807, 2.05) is 120 Å². The zero-order valence-electron chi connectivity index (χ0n) is 34.0. The van der Waals surface area contributed by atoms with Crippen molar-refractivity contribution in [2.45, 2.75) is 32.1 Å². The quantitative estimate of drug-likeness (QED) is 0.135. The van der Waals surface area contributed by atoms with Gasteiger partial charge in [-0.25, -0.2) is 9.36 Å². The molecule has 3 aromatic carbocycles. The highest BCUT2D eigenvalue weighted by Gasteiger charge is 2.20. The minimum atomic E-state index is -0.162. The molecule has 0 aliphatic heterocycles. The van der Waals surface area contributed by atoms with Crippen molar-refractivity contribution in [2.75, 3.05) is 0 Å². The molecule has 9 nitrogen and oxygen atoms in total. The lowest BCUT2D eigenvalue weighted by Crippen LogP contribution is -2.14. The van der Waals surface area contributed by atoms with Crippen LogP contribution in [0.15, 0.2) is 151 Å². The van der Waals surface area contributed by atoms with Crippen LogP contribution in [-0.4, -0.2) is 47.1 Å². The molecule has 1 aliphatic rings. The summed E-state index contributed by atoms with van der Waals surface area (Å²) in [5.41, 5.74) is 5.19. The van der Waals surface area contributed by atoms with Crippen molar-refractivity contribution in [2.24, 2.45) is 5.92 Å². The predicted molar refractivity (Wildman–Crippen MR) is 258 cm³/mol. The number of thiophene rings is 2. The summed E-state index contributed by atoms with van der Waals surface area (Å²) in [7, 11) is 0. The summed E-state index contributed by atoms with van der Waals surface area (Å²) in [4.78, 5) is 37.9. The van der Waals surface area contributed by atoms with E-state index in [-0.39, 0.29) is 17.7 Å². The molecule has 63 heavy (non-hydrogen) atoms. The minimum Gasteiger partial charge on any atom is -0.273 e. The van der Waals surface area contributed by atoms with Crippen molar-refractivity contribution in [3.63, 3.8) is 0 Å². The Hall–Kier alpha value is -6.50. The van der Waals surface area contributed by atoms with Crippen molar-refractivity contribution in [1.82, 2.24) is 29.3 Å². The molecule has 1 fully saturated rings. The summed E-state index contributed by atoms with van der Waals surface area (Å²) in [5, 5.41) is 17.6. The molecule has 1 aliphatic carbocycles. The lowest BCUT2D eigenvalue weighted by Gasteiger charge is -2.06. The second kappa shape index (κ2) is 22.6. The predicted octanol–water partition coefficient (Wildman–Crippen LogP) is 13.2. The summed E-state index contributed by atoms with van der Waals surface area (Å²) in [6.45, 7) is 0. The van der Waals surface area contributed by atoms with E-state index in [4.69, 9.17) is 23.2 Å². The second-order valence-electron chi connectivity index (χ2n) is 14.3. The van der Waals surface area contributed by atoms with Crippen molar-refractivity contribution in [3.8, 4) is 0 Å². The minimum absolute atomic E-state index is 0.0978. The van der Waals surface area contributed by atoms with Crippen LogP contribution in [0.1, 0.15) is 90.0 Å². The third-order valence-electron chi connectivity index (χ3n) is 9.86. The molecule has 0 bridgehead atoms. The maximum absolute atomic E-state index is 12.4. The highest BCUT2D eigenvalue weighted by atomic mass is 35.5. The topological polar surface area (TPSA) is 105 Å². The zero-order chi connectivity index (χ0) is 43.8. The van der Waals surface area contributed by atoms with Gasteiger partial charge in [-0.1, -0.05) is 127 Å². The lowest BCUT2D eigenvalue weighted by atomic mass is 10.0. The summed E-state index contributed by atoms with van der Waals surface area (Å²) in [6, 6.07) is 38.1. The maximum atomic E-state index is 12.4.